The van der Waals surface area contributed by atoms with Crippen LogP contribution in [0.15, 0.2) is 42.7 Å². The molecule has 0 radical (unpaired) electrons. The molecule has 0 unspecified atom stereocenters. The molecule has 7 nitrogen and oxygen atoms in total. The Morgan fingerprint density at radius 2 is 1.89 bits per heavy atom. The molecule has 0 bridgehead atoms. The fourth-order valence-corrected chi connectivity index (χ4v) is 4.32. The van der Waals surface area contributed by atoms with Gasteiger partial charge in [0.25, 0.3) is 0 Å². The maximum atomic E-state index is 14.5. The number of pyridine rings is 2. The van der Waals surface area contributed by atoms with E-state index in [1.54, 1.807) is 6.07 Å². The SMILES string of the molecule is Nc1cc(F)c(-c2c(F)cccc2F)nc1C(=O)Cc1cnccc1[C@H]1C[C@@H](O)[C@H](O)[C@@H](CCl)O1. The van der Waals surface area contributed by atoms with E-state index in [2.05, 4.69) is 9.97 Å². The van der Waals surface area contributed by atoms with Gasteiger partial charge in [-0.1, -0.05) is 6.07 Å². The number of rotatable bonds is 6. The molecule has 0 amide bonds. The highest BCUT2D eigenvalue weighted by atomic mass is 35.5. The van der Waals surface area contributed by atoms with E-state index in [0.29, 0.717) is 11.1 Å². The molecule has 4 atom stereocenters. The van der Waals surface area contributed by atoms with Crippen LogP contribution in [0.3, 0.4) is 0 Å². The molecule has 0 saturated carbocycles. The molecule has 0 aliphatic carbocycles. The highest BCUT2D eigenvalue weighted by Gasteiger charge is 2.37. The van der Waals surface area contributed by atoms with E-state index >= 15 is 0 Å². The van der Waals surface area contributed by atoms with Crippen LogP contribution in [0, 0.1) is 17.5 Å². The first kappa shape index (κ1) is 25.1. The first-order chi connectivity index (χ1) is 16.7. The van der Waals surface area contributed by atoms with Gasteiger partial charge in [-0.05, 0) is 29.3 Å². The summed E-state index contributed by atoms with van der Waals surface area (Å²) >= 11 is 5.85. The molecular weight excluding hydrogens is 487 g/mol. The van der Waals surface area contributed by atoms with Crippen LogP contribution in [0.4, 0.5) is 18.9 Å². The zero-order valence-electron chi connectivity index (χ0n) is 18.2. The summed E-state index contributed by atoms with van der Waals surface area (Å²) in [4.78, 5) is 21.0. The largest absolute Gasteiger partial charge is 0.397 e. The number of halogens is 4. The quantitative estimate of drug-likeness (QED) is 0.346. The third-order valence-electron chi connectivity index (χ3n) is 5.83. The Morgan fingerprint density at radius 3 is 2.57 bits per heavy atom. The number of carbonyl (C=O) groups is 1. The molecule has 4 rings (SSSR count). The molecule has 1 aliphatic heterocycles. The standard InChI is InChI=1S/C24H21ClF3N3O4/c25-9-20-24(34)18(33)8-19(35-20)12-4-5-30-10-11(12)6-17(32)23-16(29)7-15(28)22(31-23)21-13(26)2-1-3-14(21)27/h1-5,7,10,18-20,24,33-34H,6,8-9,29H2/t18-,19-,20-,24+/m1/s1. The number of aliphatic hydroxyl groups excluding tert-OH is 2. The zero-order valence-corrected chi connectivity index (χ0v) is 18.9. The van der Waals surface area contributed by atoms with Crippen molar-refractivity contribution in [3.63, 3.8) is 0 Å². The number of nitrogens with zero attached hydrogens (tertiary/aromatic N) is 2. The minimum atomic E-state index is -1.16. The Labute approximate surface area is 203 Å². The lowest BCUT2D eigenvalue weighted by Gasteiger charge is -2.37. The molecule has 3 aromatic rings. The van der Waals surface area contributed by atoms with Gasteiger partial charge in [0, 0.05) is 31.3 Å². The predicted molar refractivity (Wildman–Crippen MR) is 121 cm³/mol. The number of nitrogen functional groups attached to an aromatic ring is 1. The number of hydrogen-bond acceptors (Lipinski definition) is 7. The van der Waals surface area contributed by atoms with Crippen molar-refractivity contribution in [3.8, 4) is 11.3 Å². The molecule has 1 aromatic carbocycles. The van der Waals surface area contributed by atoms with Crippen molar-refractivity contribution in [2.24, 2.45) is 0 Å². The number of nitrogens with two attached hydrogens (primary N) is 1. The van der Waals surface area contributed by atoms with Crippen molar-refractivity contribution in [2.75, 3.05) is 11.6 Å². The number of aromatic nitrogens is 2. The molecule has 184 valence electrons. The molecule has 0 spiro atoms. The van der Waals surface area contributed by atoms with E-state index in [-0.39, 0.29) is 30.1 Å². The number of alkyl halides is 1. The number of aliphatic hydroxyl groups is 2. The van der Waals surface area contributed by atoms with Gasteiger partial charge in [0.05, 0.1) is 29.3 Å². The number of ketones is 1. The molecule has 1 fully saturated rings. The van der Waals surface area contributed by atoms with Crippen LogP contribution < -0.4 is 5.73 Å². The molecule has 11 heteroatoms. The Morgan fingerprint density at radius 1 is 1.17 bits per heavy atom. The van der Waals surface area contributed by atoms with Gasteiger partial charge in [-0.25, -0.2) is 18.2 Å². The number of Topliss-reactive ketones (excluding diaryl/α,β-unsaturated/α-hetero) is 1. The van der Waals surface area contributed by atoms with Gasteiger partial charge in [-0.3, -0.25) is 9.78 Å². The number of hydrogen-bond donors (Lipinski definition) is 3. The van der Waals surface area contributed by atoms with Gasteiger partial charge < -0.3 is 20.7 Å². The van der Waals surface area contributed by atoms with Crippen molar-refractivity contribution in [3.05, 3.63) is 77.0 Å². The summed E-state index contributed by atoms with van der Waals surface area (Å²) < 4.78 is 48.8. The Balaban J connectivity index is 1.67. The van der Waals surface area contributed by atoms with Gasteiger partial charge in [-0.2, -0.15) is 0 Å². The zero-order chi connectivity index (χ0) is 25.3. The minimum absolute atomic E-state index is 0.0490. The molecule has 1 aliphatic rings. The molecule has 35 heavy (non-hydrogen) atoms. The Kier molecular flexibility index (Phi) is 7.36. The molecule has 1 saturated heterocycles. The molecule has 4 N–H and O–H groups in total. The van der Waals surface area contributed by atoms with Crippen LogP contribution in [-0.4, -0.2) is 50.2 Å². The summed E-state index contributed by atoms with van der Waals surface area (Å²) in [5, 5.41) is 20.3. The summed E-state index contributed by atoms with van der Waals surface area (Å²) in [6.45, 7) is 0. The van der Waals surface area contributed by atoms with Crippen LogP contribution in [0.1, 0.15) is 34.1 Å². The van der Waals surface area contributed by atoms with Crippen LogP contribution in [0.5, 0.6) is 0 Å². The van der Waals surface area contributed by atoms with E-state index in [0.717, 1.165) is 24.3 Å². The van der Waals surface area contributed by atoms with Gasteiger partial charge in [0.2, 0.25) is 0 Å². The summed E-state index contributed by atoms with van der Waals surface area (Å²) in [6.07, 6.45) is -1.12. The normalized spacial score (nSPS) is 22.2. The van der Waals surface area contributed by atoms with Gasteiger partial charge in [0.15, 0.2) is 11.6 Å². The van der Waals surface area contributed by atoms with Gasteiger partial charge in [-0.15, -0.1) is 11.6 Å². The number of carbonyl (C=O) groups excluding carboxylic acids is 1. The van der Waals surface area contributed by atoms with Gasteiger partial charge in [0.1, 0.15) is 35.2 Å². The molecular formula is C24H21ClF3N3O4. The van der Waals surface area contributed by atoms with Crippen LogP contribution in [0.25, 0.3) is 11.3 Å². The van der Waals surface area contributed by atoms with Crippen molar-refractivity contribution in [2.45, 2.75) is 37.3 Å². The first-order valence-electron chi connectivity index (χ1n) is 10.6. The molecule has 2 aromatic heterocycles. The van der Waals surface area contributed by atoms with Crippen molar-refractivity contribution < 1.29 is 32.9 Å². The van der Waals surface area contributed by atoms with Crippen LogP contribution >= 0.6 is 11.6 Å². The summed E-state index contributed by atoms with van der Waals surface area (Å²) in [5.74, 6) is -3.88. The monoisotopic (exact) mass is 507 g/mol. The molecule has 3 heterocycles. The maximum Gasteiger partial charge on any atom is 0.187 e. The average molecular weight is 508 g/mol. The van der Waals surface area contributed by atoms with Crippen molar-refractivity contribution in [1.29, 1.82) is 0 Å². The number of ether oxygens (including phenoxy) is 1. The van der Waals surface area contributed by atoms with E-state index in [1.165, 1.54) is 12.4 Å². The Hall–Kier alpha value is -3.05. The second-order valence-electron chi connectivity index (χ2n) is 8.14. The van der Waals surface area contributed by atoms with E-state index in [9.17, 15) is 28.2 Å². The van der Waals surface area contributed by atoms with Crippen LogP contribution in [0.2, 0.25) is 0 Å². The summed E-state index contributed by atoms with van der Waals surface area (Å²) in [5.41, 5.74) is 4.70. The van der Waals surface area contributed by atoms with E-state index in [4.69, 9.17) is 22.1 Å². The lowest BCUT2D eigenvalue weighted by molar-refractivity contribution is -0.162. The summed E-state index contributed by atoms with van der Waals surface area (Å²) in [7, 11) is 0. The topological polar surface area (TPSA) is 119 Å². The second-order valence-corrected chi connectivity index (χ2v) is 8.45. The fraction of sp³-hybridized carbons (Fsp3) is 0.292. The van der Waals surface area contributed by atoms with Crippen molar-refractivity contribution in [1.82, 2.24) is 9.97 Å². The third-order valence-corrected chi connectivity index (χ3v) is 6.13. The van der Waals surface area contributed by atoms with E-state index in [1.807, 2.05) is 0 Å². The highest BCUT2D eigenvalue weighted by Crippen LogP contribution is 2.35. The third kappa shape index (κ3) is 5.01. The number of anilines is 1. The number of benzene rings is 1. The van der Waals surface area contributed by atoms with Gasteiger partial charge >= 0.3 is 0 Å². The minimum Gasteiger partial charge on any atom is -0.397 e. The lowest BCUT2D eigenvalue weighted by Crippen LogP contribution is -2.46. The lowest BCUT2D eigenvalue weighted by atomic mass is 9.91. The predicted octanol–water partition coefficient (Wildman–Crippen LogP) is 3.36. The fourth-order valence-electron chi connectivity index (χ4n) is 4.06. The summed E-state index contributed by atoms with van der Waals surface area (Å²) in [6, 6.07) is 5.41. The van der Waals surface area contributed by atoms with Crippen molar-refractivity contribution >= 4 is 23.1 Å². The average Bonchev–Trinajstić information content (AvgIpc) is 2.82. The first-order valence-corrected chi connectivity index (χ1v) is 11.2. The maximum absolute atomic E-state index is 14.5. The Bertz CT molecular complexity index is 1240. The van der Waals surface area contributed by atoms with Crippen LogP contribution in [-0.2, 0) is 11.2 Å². The highest BCUT2D eigenvalue weighted by molar-refractivity contribution is 6.18. The van der Waals surface area contributed by atoms with E-state index < -0.39 is 58.9 Å². The smallest absolute Gasteiger partial charge is 0.187 e. The second kappa shape index (κ2) is 10.3.